The van der Waals surface area contributed by atoms with E-state index in [4.69, 9.17) is 16.3 Å². The Morgan fingerprint density at radius 3 is 2.81 bits per heavy atom. The van der Waals surface area contributed by atoms with Gasteiger partial charge in [-0.2, -0.15) is 4.98 Å². The summed E-state index contributed by atoms with van der Waals surface area (Å²) in [5.41, 5.74) is 3.21. The zero-order valence-corrected chi connectivity index (χ0v) is 15.3. The van der Waals surface area contributed by atoms with E-state index >= 15 is 0 Å². The Morgan fingerprint density at radius 1 is 1.15 bits per heavy atom. The molecule has 5 nitrogen and oxygen atoms in total. The quantitative estimate of drug-likeness (QED) is 0.507. The molecule has 0 saturated heterocycles. The second kappa shape index (κ2) is 7.35. The lowest BCUT2D eigenvalue weighted by molar-refractivity contribution is 0.225. The molecule has 1 atom stereocenters. The van der Waals surface area contributed by atoms with Crippen LogP contribution in [0.25, 0.3) is 11.3 Å². The lowest BCUT2D eigenvalue weighted by Crippen LogP contribution is -2.17. The summed E-state index contributed by atoms with van der Waals surface area (Å²) in [5.74, 6) is 1.12. The van der Waals surface area contributed by atoms with Crippen molar-refractivity contribution < 1.29 is 4.74 Å². The molecule has 1 aliphatic rings. The summed E-state index contributed by atoms with van der Waals surface area (Å²) in [6.07, 6.45) is 1.31. The second-order valence-corrected chi connectivity index (χ2v) is 6.95. The maximum Gasteiger partial charge on any atom is 0.247 e. The number of nitrogens with zero attached hydrogens (tertiary/aromatic N) is 3. The zero-order chi connectivity index (χ0) is 17.9. The smallest absolute Gasteiger partial charge is 0.247 e. The van der Waals surface area contributed by atoms with E-state index in [0.29, 0.717) is 27.5 Å². The molecule has 7 heteroatoms. The Morgan fingerprint density at radius 2 is 1.96 bits per heavy atom. The molecule has 1 aromatic heterocycles. The fourth-order valence-corrected chi connectivity index (χ4v) is 3.42. The van der Waals surface area contributed by atoms with Gasteiger partial charge in [0.2, 0.25) is 11.0 Å². The maximum atomic E-state index is 6.38. The van der Waals surface area contributed by atoms with Gasteiger partial charge in [-0.25, -0.2) is 0 Å². The average Bonchev–Trinajstić information content (AvgIpc) is 2.83. The van der Waals surface area contributed by atoms with Crippen molar-refractivity contribution in [1.29, 1.82) is 0 Å². The number of nitrogens with one attached hydrogen (secondary N) is 1. The van der Waals surface area contributed by atoms with Crippen LogP contribution in [0.5, 0.6) is 5.88 Å². The van der Waals surface area contributed by atoms with Gasteiger partial charge >= 0.3 is 0 Å². The number of thioether (sulfide) groups is 1. The standard InChI is InChI=1S/C19H15ClN4OS/c1-2-11-26-19-22-18-16(23-24-19)13-8-4-6-10-15(13)21-17(25-18)12-7-3-5-9-14(12)20/h2-10,17,21H,1,11H2/t17-/m0/s1. The highest BCUT2D eigenvalue weighted by Gasteiger charge is 2.26. The van der Waals surface area contributed by atoms with Crippen molar-refractivity contribution in [1.82, 2.24) is 15.2 Å². The SMILES string of the molecule is C=CCSc1nnc2c(n1)O[C@@H](c1ccccc1Cl)Nc1ccccc1-2. The molecule has 0 aliphatic carbocycles. The van der Waals surface area contributed by atoms with Gasteiger partial charge in [0, 0.05) is 27.6 Å². The molecule has 0 bridgehead atoms. The molecule has 4 rings (SSSR count). The van der Waals surface area contributed by atoms with Crippen molar-refractivity contribution in [3.8, 4) is 17.1 Å². The van der Waals surface area contributed by atoms with Crippen molar-refractivity contribution in [2.24, 2.45) is 0 Å². The van der Waals surface area contributed by atoms with Gasteiger partial charge in [0.1, 0.15) is 0 Å². The van der Waals surface area contributed by atoms with Gasteiger partial charge in [-0.1, -0.05) is 65.8 Å². The minimum Gasteiger partial charge on any atom is -0.448 e. The molecular weight excluding hydrogens is 368 g/mol. The van der Waals surface area contributed by atoms with Crippen molar-refractivity contribution in [3.63, 3.8) is 0 Å². The predicted octanol–water partition coefficient (Wildman–Crippen LogP) is 4.97. The molecule has 130 valence electrons. The molecular formula is C19H15ClN4OS. The summed E-state index contributed by atoms with van der Waals surface area (Å²) in [6.45, 7) is 3.72. The molecule has 1 aliphatic heterocycles. The van der Waals surface area contributed by atoms with Crippen LogP contribution in [0.3, 0.4) is 0 Å². The summed E-state index contributed by atoms with van der Waals surface area (Å²) in [5, 5.41) is 13.1. The van der Waals surface area contributed by atoms with E-state index in [1.54, 1.807) is 6.08 Å². The third-order valence-corrected chi connectivity index (χ3v) is 5.03. The number of hydrogen-bond donors (Lipinski definition) is 1. The molecule has 26 heavy (non-hydrogen) atoms. The summed E-state index contributed by atoms with van der Waals surface area (Å²) < 4.78 is 6.18. The van der Waals surface area contributed by atoms with E-state index in [1.165, 1.54) is 11.8 Å². The van der Waals surface area contributed by atoms with Crippen LogP contribution in [0.1, 0.15) is 11.8 Å². The Labute approximate surface area is 160 Å². The molecule has 0 spiro atoms. The number of fused-ring (bicyclic) bond motifs is 3. The van der Waals surface area contributed by atoms with Gasteiger partial charge in [-0.3, -0.25) is 0 Å². The van der Waals surface area contributed by atoms with Gasteiger partial charge in [0.05, 0.1) is 0 Å². The summed E-state index contributed by atoms with van der Waals surface area (Å²) >= 11 is 7.83. The van der Waals surface area contributed by atoms with Crippen LogP contribution in [-0.2, 0) is 0 Å². The number of halogens is 1. The van der Waals surface area contributed by atoms with Crippen LogP contribution in [0, 0.1) is 0 Å². The molecule has 0 fully saturated rings. The summed E-state index contributed by atoms with van der Waals surface area (Å²) in [4.78, 5) is 4.55. The number of aromatic nitrogens is 3. The van der Waals surface area contributed by atoms with Gasteiger partial charge in [-0.15, -0.1) is 16.8 Å². The van der Waals surface area contributed by atoms with Crippen LogP contribution in [-0.4, -0.2) is 20.9 Å². The normalized spacial score (nSPS) is 15.0. The maximum absolute atomic E-state index is 6.38. The molecule has 1 N–H and O–H groups in total. The highest BCUT2D eigenvalue weighted by atomic mass is 35.5. The van der Waals surface area contributed by atoms with Crippen LogP contribution in [0.2, 0.25) is 5.02 Å². The van der Waals surface area contributed by atoms with Crippen LogP contribution < -0.4 is 10.1 Å². The number of anilines is 1. The average molecular weight is 383 g/mol. The molecule has 2 aromatic carbocycles. The van der Waals surface area contributed by atoms with E-state index in [2.05, 4.69) is 27.1 Å². The largest absolute Gasteiger partial charge is 0.448 e. The number of rotatable bonds is 4. The van der Waals surface area contributed by atoms with Crippen LogP contribution in [0.15, 0.2) is 66.3 Å². The topological polar surface area (TPSA) is 59.9 Å². The van der Waals surface area contributed by atoms with Crippen LogP contribution >= 0.6 is 23.4 Å². The lowest BCUT2D eigenvalue weighted by atomic mass is 10.1. The number of benzene rings is 2. The highest BCUT2D eigenvalue weighted by molar-refractivity contribution is 7.99. The third-order valence-electron chi connectivity index (χ3n) is 3.85. The van der Waals surface area contributed by atoms with Crippen molar-refractivity contribution >= 4 is 29.1 Å². The highest BCUT2D eigenvalue weighted by Crippen LogP contribution is 2.40. The molecule has 0 amide bonds. The van der Waals surface area contributed by atoms with E-state index in [1.807, 2.05) is 48.5 Å². The fraction of sp³-hybridized carbons (Fsp3) is 0.105. The Kier molecular flexibility index (Phi) is 4.77. The van der Waals surface area contributed by atoms with Crippen molar-refractivity contribution in [3.05, 3.63) is 71.8 Å². The molecule has 3 aromatic rings. The number of para-hydroxylation sites is 1. The Bertz CT molecular complexity index is 966. The zero-order valence-electron chi connectivity index (χ0n) is 13.7. The summed E-state index contributed by atoms with van der Waals surface area (Å²) in [7, 11) is 0. The first kappa shape index (κ1) is 16.9. The van der Waals surface area contributed by atoms with E-state index in [-0.39, 0.29) is 0 Å². The number of ether oxygens (including phenoxy) is 1. The van der Waals surface area contributed by atoms with Gasteiger partial charge in [0.15, 0.2) is 11.9 Å². The lowest BCUT2D eigenvalue weighted by Gasteiger charge is -2.20. The fourth-order valence-electron chi connectivity index (χ4n) is 2.67. The van der Waals surface area contributed by atoms with E-state index in [0.717, 1.165) is 16.8 Å². The Hall–Kier alpha value is -2.57. The first-order valence-electron chi connectivity index (χ1n) is 8.01. The predicted molar refractivity (Wildman–Crippen MR) is 105 cm³/mol. The van der Waals surface area contributed by atoms with E-state index in [9.17, 15) is 0 Å². The first-order valence-corrected chi connectivity index (χ1v) is 9.38. The summed E-state index contributed by atoms with van der Waals surface area (Å²) in [6, 6.07) is 15.4. The first-order chi connectivity index (χ1) is 12.8. The molecule has 0 unspecified atom stereocenters. The minimum absolute atomic E-state index is 0.425. The monoisotopic (exact) mass is 382 g/mol. The molecule has 0 radical (unpaired) electrons. The second-order valence-electron chi connectivity index (χ2n) is 5.56. The number of hydrogen-bond acceptors (Lipinski definition) is 6. The van der Waals surface area contributed by atoms with Crippen LogP contribution in [0.4, 0.5) is 5.69 Å². The van der Waals surface area contributed by atoms with Crippen molar-refractivity contribution in [2.75, 3.05) is 11.1 Å². The molecule has 0 saturated carbocycles. The van der Waals surface area contributed by atoms with Gasteiger partial charge in [0.25, 0.3) is 0 Å². The van der Waals surface area contributed by atoms with Gasteiger partial charge in [-0.05, 0) is 12.1 Å². The molecule has 2 heterocycles. The van der Waals surface area contributed by atoms with Gasteiger partial charge < -0.3 is 10.1 Å². The third kappa shape index (κ3) is 3.25. The Balaban J connectivity index is 1.82. The van der Waals surface area contributed by atoms with E-state index < -0.39 is 6.23 Å². The minimum atomic E-state index is -0.486. The van der Waals surface area contributed by atoms with Crippen molar-refractivity contribution in [2.45, 2.75) is 11.4 Å².